The van der Waals surface area contributed by atoms with Gasteiger partial charge in [0, 0.05) is 23.5 Å². The minimum atomic E-state index is 0.519. The minimum absolute atomic E-state index is 0.519. The molecule has 1 aliphatic carbocycles. The zero-order chi connectivity index (χ0) is 8.27. The number of allylic oxidation sites excluding steroid dienone is 2. The van der Waals surface area contributed by atoms with Crippen molar-refractivity contribution in [2.75, 3.05) is 0 Å². The Bertz CT molecular complexity index is 210. The molecule has 0 atom stereocenters. The van der Waals surface area contributed by atoms with Crippen molar-refractivity contribution in [3.8, 4) is 0 Å². The highest BCUT2D eigenvalue weighted by atomic mass is 14.8. The van der Waals surface area contributed by atoms with E-state index in [9.17, 15) is 0 Å². The lowest BCUT2D eigenvalue weighted by molar-refractivity contribution is 0.979. The molecule has 1 saturated carbocycles. The molecule has 0 aliphatic heterocycles. The summed E-state index contributed by atoms with van der Waals surface area (Å²) in [6.07, 6.45) is 6.20. The Morgan fingerprint density at radius 3 is 2.55 bits per heavy atom. The topological polar surface area (TPSA) is 36.2 Å². The summed E-state index contributed by atoms with van der Waals surface area (Å²) in [5.41, 5.74) is 1.67. The summed E-state index contributed by atoms with van der Waals surface area (Å²) in [5.74, 6) is 0.690. The predicted octanol–water partition coefficient (Wildman–Crippen LogP) is 2.41. The van der Waals surface area contributed by atoms with Gasteiger partial charge in [0.2, 0.25) is 0 Å². The third kappa shape index (κ3) is 2.66. The van der Waals surface area contributed by atoms with Crippen LogP contribution in [0.15, 0.2) is 16.8 Å². The van der Waals surface area contributed by atoms with E-state index < -0.39 is 0 Å². The van der Waals surface area contributed by atoms with Gasteiger partial charge in [-0.25, -0.2) is 0 Å². The highest BCUT2D eigenvalue weighted by Crippen LogP contribution is 2.36. The molecular weight excluding hydrogens is 136 g/mol. The van der Waals surface area contributed by atoms with Crippen molar-refractivity contribution in [2.24, 2.45) is 10.9 Å². The maximum atomic E-state index is 7.15. The SMILES string of the molecule is C/C=C(\N=C/C(C)=N)C1CC1. The molecule has 0 aromatic heterocycles. The van der Waals surface area contributed by atoms with Gasteiger partial charge in [0.1, 0.15) is 0 Å². The molecule has 1 rings (SSSR count). The average Bonchev–Trinajstić information content (AvgIpc) is 2.72. The molecule has 0 bridgehead atoms. The number of hydrogen-bond acceptors (Lipinski definition) is 2. The van der Waals surface area contributed by atoms with Gasteiger partial charge in [-0.1, -0.05) is 6.08 Å². The summed E-state index contributed by atoms with van der Waals surface area (Å²) in [6.45, 7) is 3.74. The summed E-state index contributed by atoms with van der Waals surface area (Å²) >= 11 is 0. The van der Waals surface area contributed by atoms with Gasteiger partial charge in [0.05, 0.1) is 0 Å². The Kier molecular flexibility index (Phi) is 2.58. The van der Waals surface area contributed by atoms with E-state index >= 15 is 0 Å². The highest BCUT2D eigenvalue weighted by molar-refractivity contribution is 6.28. The van der Waals surface area contributed by atoms with Crippen molar-refractivity contribution in [1.82, 2.24) is 0 Å². The number of nitrogens with zero attached hydrogens (tertiary/aromatic N) is 1. The van der Waals surface area contributed by atoms with Crippen LogP contribution in [0, 0.1) is 11.3 Å². The normalized spacial score (nSPS) is 19.3. The fraction of sp³-hybridized carbons (Fsp3) is 0.556. The first-order valence-corrected chi connectivity index (χ1v) is 3.99. The van der Waals surface area contributed by atoms with Gasteiger partial charge in [0.25, 0.3) is 0 Å². The number of aliphatic imine (C=N–C) groups is 1. The van der Waals surface area contributed by atoms with Crippen LogP contribution in [-0.4, -0.2) is 11.9 Å². The highest BCUT2D eigenvalue weighted by Gasteiger charge is 2.24. The van der Waals surface area contributed by atoms with Crippen LogP contribution in [0.2, 0.25) is 0 Å². The monoisotopic (exact) mass is 150 g/mol. The smallest absolute Gasteiger partial charge is 0.0476 e. The van der Waals surface area contributed by atoms with Crippen molar-refractivity contribution in [1.29, 1.82) is 5.41 Å². The van der Waals surface area contributed by atoms with E-state index in [2.05, 4.69) is 4.99 Å². The molecule has 0 heterocycles. The second-order valence-electron chi connectivity index (χ2n) is 2.93. The maximum absolute atomic E-state index is 7.15. The molecule has 0 radical (unpaired) electrons. The third-order valence-electron chi connectivity index (χ3n) is 1.70. The fourth-order valence-corrected chi connectivity index (χ4v) is 0.966. The van der Waals surface area contributed by atoms with Crippen molar-refractivity contribution in [3.63, 3.8) is 0 Å². The van der Waals surface area contributed by atoms with Crippen molar-refractivity contribution >= 4 is 11.9 Å². The Balaban J connectivity index is 2.50. The summed E-state index contributed by atoms with van der Waals surface area (Å²) in [6, 6.07) is 0. The molecule has 0 unspecified atom stereocenters. The van der Waals surface area contributed by atoms with E-state index in [1.54, 1.807) is 13.1 Å². The van der Waals surface area contributed by atoms with Crippen LogP contribution in [0.3, 0.4) is 0 Å². The van der Waals surface area contributed by atoms with Crippen LogP contribution in [0.5, 0.6) is 0 Å². The quantitative estimate of drug-likeness (QED) is 0.600. The van der Waals surface area contributed by atoms with E-state index in [0.717, 1.165) is 5.70 Å². The maximum Gasteiger partial charge on any atom is 0.0476 e. The lowest BCUT2D eigenvalue weighted by atomic mass is 10.3. The molecule has 2 nitrogen and oxygen atoms in total. The fourth-order valence-electron chi connectivity index (χ4n) is 0.966. The van der Waals surface area contributed by atoms with Crippen LogP contribution in [0.4, 0.5) is 0 Å². The van der Waals surface area contributed by atoms with E-state index in [1.165, 1.54) is 12.8 Å². The predicted molar refractivity (Wildman–Crippen MR) is 48.4 cm³/mol. The first-order chi connectivity index (χ1) is 5.24. The first-order valence-electron chi connectivity index (χ1n) is 3.99. The number of nitrogens with one attached hydrogen (secondary N) is 1. The van der Waals surface area contributed by atoms with Crippen molar-refractivity contribution < 1.29 is 0 Å². The van der Waals surface area contributed by atoms with E-state index in [4.69, 9.17) is 5.41 Å². The zero-order valence-corrected chi connectivity index (χ0v) is 7.09. The lowest BCUT2D eigenvalue weighted by Crippen LogP contribution is -1.90. The van der Waals surface area contributed by atoms with Gasteiger partial charge in [-0.2, -0.15) is 0 Å². The van der Waals surface area contributed by atoms with Crippen LogP contribution in [0.1, 0.15) is 26.7 Å². The van der Waals surface area contributed by atoms with Crippen LogP contribution in [0.25, 0.3) is 0 Å². The molecule has 0 amide bonds. The standard InChI is InChI=1S/C9H14N2/c1-3-9(8-4-5-8)11-6-7(2)10/h3,6,8,10H,4-5H2,1-2H3/b9-3-,10-7?,11-6-. The molecular formula is C9H14N2. The van der Waals surface area contributed by atoms with Gasteiger partial charge < -0.3 is 5.41 Å². The van der Waals surface area contributed by atoms with Crippen molar-refractivity contribution in [3.05, 3.63) is 11.8 Å². The molecule has 1 N–H and O–H groups in total. The Labute approximate surface area is 67.5 Å². The van der Waals surface area contributed by atoms with Gasteiger partial charge >= 0.3 is 0 Å². The third-order valence-corrected chi connectivity index (χ3v) is 1.70. The summed E-state index contributed by atoms with van der Waals surface area (Å²) in [4.78, 5) is 4.22. The molecule has 0 saturated heterocycles. The van der Waals surface area contributed by atoms with Crippen LogP contribution >= 0.6 is 0 Å². The van der Waals surface area contributed by atoms with Crippen LogP contribution < -0.4 is 0 Å². The Morgan fingerprint density at radius 1 is 1.55 bits per heavy atom. The van der Waals surface area contributed by atoms with E-state index in [1.807, 2.05) is 13.0 Å². The van der Waals surface area contributed by atoms with Gasteiger partial charge in [-0.15, -0.1) is 0 Å². The Hall–Kier alpha value is -0.920. The lowest BCUT2D eigenvalue weighted by Gasteiger charge is -1.94. The van der Waals surface area contributed by atoms with Gasteiger partial charge in [-0.3, -0.25) is 4.99 Å². The number of rotatable bonds is 3. The van der Waals surface area contributed by atoms with Crippen LogP contribution in [-0.2, 0) is 0 Å². The second kappa shape index (κ2) is 3.46. The molecule has 1 aliphatic rings. The van der Waals surface area contributed by atoms with Crippen molar-refractivity contribution in [2.45, 2.75) is 26.7 Å². The van der Waals surface area contributed by atoms with E-state index in [-0.39, 0.29) is 0 Å². The molecule has 2 heteroatoms. The first kappa shape index (κ1) is 8.18. The molecule has 60 valence electrons. The summed E-state index contributed by atoms with van der Waals surface area (Å²) < 4.78 is 0. The molecule has 1 fully saturated rings. The summed E-state index contributed by atoms with van der Waals surface area (Å²) in [7, 11) is 0. The molecule has 0 aromatic rings. The Morgan fingerprint density at radius 2 is 2.18 bits per heavy atom. The molecule has 11 heavy (non-hydrogen) atoms. The van der Waals surface area contributed by atoms with E-state index in [0.29, 0.717) is 11.6 Å². The number of hydrogen-bond donors (Lipinski definition) is 1. The minimum Gasteiger partial charge on any atom is -0.304 e. The summed E-state index contributed by atoms with van der Waals surface area (Å²) in [5, 5.41) is 7.15. The zero-order valence-electron chi connectivity index (χ0n) is 7.09. The average molecular weight is 150 g/mol. The molecule has 0 spiro atoms. The largest absolute Gasteiger partial charge is 0.304 e. The van der Waals surface area contributed by atoms with Gasteiger partial charge in [-0.05, 0) is 26.7 Å². The molecule has 0 aromatic carbocycles. The van der Waals surface area contributed by atoms with Gasteiger partial charge in [0.15, 0.2) is 0 Å². The second-order valence-corrected chi connectivity index (χ2v) is 2.93.